The summed E-state index contributed by atoms with van der Waals surface area (Å²) < 4.78 is 39.3. The topological polar surface area (TPSA) is 63.6 Å². The molecule has 0 spiro atoms. The van der Waals surface area contributed by atoms with E-state index in [4.69, 9.17) is 0 Å². The van der Waals surface area contributed by atoms with Gasteiger partial charge in [-0.1, -0.05) is 0 Å². The minimum Gasteiger partial charge on any atom is -0.337 e. The van der Waals surface area contributed by atoms with E-state index in [1.165, 1.54) is 12.2 Å². The lowest BCUT2D eigenvalue weighted by Gasteiger charge is -2.04. The van der Waals surface area contributed by atoms with Crippen LogP contribution in [0.4, 0.5) is 13.2 Å². The summed E-state index contributed by atoms with van der Waals surface area (Å²) in [5, 5.41) is 0. The third-order valence-corrected chi connectivity index (χ3v) is 2.48. The van der Waals surface area contributed by atoms with Crippen LogP contribution in [-0.4, -0.2) is 19.5 Å². The first kappa shape index (κ1) is 14.0. The fraction of sp³-hybridized carbons (Fsp3) is 0.250. The summed E-state index contributed by atoms with van der Waals surface area (Å²) in [6, 6.07) is 0.420. The van der Waals surface area contributed by atoms with Crippen molar-refractivity contribution in [3.63, 3.8) is 0 Å². The molecule has 2 aromatic heterocycles. The highest BCUT2D eigenvalue weighted by Crippen LogP contribution is 2.26. The van der Waals surface area contributed by atoms with E-state index in [1.807, 2.05) is 11.5 Å². The Balaban J connectivity index is 2.29. The summed E-state index contributed by atoms with van der Waals surface area (Å²) in [7, 11) is 0. The number of nitrogens with zero attached hydrogens (tertiary/aromatic N) is 3. The summed E-state index contributed by atoms with van der Waals surface area (Å²) in [5.41, 5.74) is -1.52. The number of hydrogen-bond donors (Lipinski definition) is 1. The highest BCUT2D eigenvalue weighted by atomic mass is 19.4. The molecule has 0 amide bonds. The molecular formula is C12H11F3N4O. The molecule has 8 heteroatoms. The Labute approximate surface area is 111 Å². The third kappa shape index (κ3) is 3.34. The maximum absolute atomic E-state index is 12.5. The van der Waals surface area contributed by atoms with Crippen LogP contribution in [-0.2, 0) is 12.7 Å². The number of aromatic nitrogens is 4. The van der Waals surface area contributed by atoms with Gasteiger partial charge in [-0.05, 0) is 19.1 Å². The quantitative estimate of drug-likeness (QED) is 0.939. The van der Waals surface area contributed by atoms with E-state index < -0.39 is 17.4 Å². The van der Waals surface area contributed by atoms with Gasteiger partial charge in [0.2, 0.25) is 0 Å². The van der Waals surface area contributed by atoms with Gasteiger partial charge < -0.3 is 9.55 Å². The molecule has 5 nitrogen and oxygen atoms in total. The number of aryl methyl sites for hydroxylation is 1. The van der Waals surface area contributed by atoms with Crippen LogP contribution in [0.15, 0.2) is 23.4 Å². The van der Waals surface area contributed by atoms with E-state index in [1.54, 1.807) is 12.5 Å². The molecule has 2 rings (SSSR count). The second kappa shape index (κ2) is 5.32. The number of H-pyrrole nitrogens is 1. The minimum absolute atomic E-state index is 0.170. The van der Waals surface area contributed by atoms with Gasteiger partial charge in [0.05, 0.1) is 12.0 Å². The maximum atomic E-state index is 12.5. The van der Waals surface area contributed by atoms with Crippen LogP contribution in [0.3, 0.4) is 0 Å². The van der Waals surface area contributed by atoms with Crippen molar-refractivity contribution in [3.05, 3.63) is 46.2 Å². The van der Waals surface area contributed by atoms with Crippen LogP contribution in [0.5, 0.6) is 0 Å². The molecule has 2 aromatic rings. The van der Waals surface area contributed by atoms with Crippen molar-refractivity contribution < 1.29 is 13.2 Å². The largest absolute Gasteiger partial charge is 0.433 e. The first-order valence-corrected chi connectivity index (χ1v) is 5.77. The molecule has 0 unspecified atom stereocenters. The minimum atomic E-state index is -4.65. The Bertz CT molecular complexity index is 684. The van der Waals surface area contributed by atoms with Crippen LogP contribution in [0.1, 0.15) is 24.1 Å². The van der Waals surface area contributed by atoms with Gasteiger partial charge in [-0.15, -0.1) is 0 Å². The lowest BCUT2D eigenvalue weighted by molar-refractivity contribution is -0.141. The standard InChI is InChI=1S/C12H11F3N4O/c1-2-19-6-8(16-7-19)3-4-10-17-9(12(13,14)15)5-11(20)18-10/h3-7H,2H2,1H3,(H,17,18,20)/b4-3+. The van der Waals surface area contributed by atoms with Crippen LogP contribution in [0.2, 0.25) is 0 Å². The Morgan fingerprint density at radius 2 is 2.15 bits per heavy atom. The number of rotatable bonds is 3. The Morgan fingerprint density at radius 3 is 2.75 bits per heavy atom. The van der Waals surface area contributed by atoms with E-state index in [2.05, 4.69) is 15.0 Å². The van der Waals surface area contributed by atoms with E-state index >= 15 is 0 Å². The molecule has 0 aliphatic heterocycles. The average Bonchev–Trinajstić information content (AvgIpc) is 2.82. The molecule has 0 atom stereocenters. The van der Waals surface area contributed by atoms with Gasteiger partial charge in [0.1, 0.15) is 5.82 Å². The summed E-state index contributed by atoms with van der Waals surface area (Å²) in [4.78, 5) is 20.8. The molecular weight excluding hydrogens is 273 g/mol. The van der Waals surface area contributed by atoms with Crippen molar-refractivity contribution >= 4 is 12.2 Å². The number of alkyl halides is 3. The van der Waals surface area contributed by atoms with E-state index in [-0.39, 0.29) is 5.82 Å². The summed E-state index contributed by atoms with van der Waals surface area (Å²) in [6.45, 7) is 2.67. The fourth-order valence-corrected chi connectivity index (χ4v) is 1.50. The molecule has 0 fully saturated rings. The predicted molar refractivity (Wildman–Crippen MR) is 66.7 cm³/mol. The normalized spacial score (nSPS) is 12.2. The molecule has 2 heterocycles. The van der Waals surface area contributed by atoms with Crippen LogP contribution >= 0.6 is 0 Å². The Morgan fingerprint density at radius 1 is 1.40 bits per heavy atom. The van der Waals surface area contributed by atoms with Gasteiger partial charge in [-0.25, -0.2) is 9.97 Å². The van der Waals surface area contributed by atoms with E-state index in [0.717, 1.165) is 6.54 Å². The third-order valence-electron chi connectivity index (χ3n) is 2.48. The van der Waals surface area contributed by atoms with Crippen molar-refractivity contribution in [3.8, 4) is 0 Å². The number of nitrogens with one attached hydrogen (secondary N) is 1. The predicted octanol–water partition coefficient (Wildman–Crippen LogP) is 2.18. The highest BCUT2D eigenvalue weighted by Gasteiger charge is 2.33. The Hall–Kier alpha value is -2.38. The highest BCUT2D eigenvalue weighted by molar-refractivity contribution is 5.64. The van der Waals surface area contributed by atoms with Gasteiger partial charge in [0.15, 0.2) is 5.69 Å². The van der Waals surface area contributed by atoms with Gasteiger partial charge in [-0.3, -0.25) is 4.79 Å². The second-order valence-corrected chi connectivity index (χ2v) is 3.98. The molecule has 0 radical (unpaired) electrons. The van der Waals surface area contributed by atoms with Crippen LogP contribution < -0.4 is 5.56 Å². The monoisotopic (exact) mass is 284 g/mol. The molecule has 0 aromatic carbocycles. The first-order valence-electron chi connectivity index (χ1n) is 5.77. The summed E-state index contributed by atoms with van der Waals surface area (Å²) >= 11 is 0. The SMILES string of the molecule is CCn1cnc(/C=C/c2nc(C(F)(F)F)cc(=O)[nH]2)c1. The van der Waals surface area contributed by atoms with Gasteiger partial charge >= 0.3 is 6.18 Å². The molecule has 0 aliphatic carbocycles. The van der Waals surface area contributed by atoms with Crippen molar-refractivity contribution in [2.75, 3.05) is 0 Å². The van der Waals surface area contributed by atoms with Crippen molar-refractivity contribution in [1.82, 2.24) is 19.5 Å². The number of halogens is 3. The maximum Gasteiger partial charge on any atom is 0.433 e. The van der Waals surface area contributed by atoms with Gasteiger partial charge in [0, 0.05) is 18.8 Å². The average molecular weight is 284 g/mol. The molecule has 0 saturated heterocycles. The number of imidazole rings is 1. The fourth-order valence-electron chi connectivity index (χ4n) is 1.50. The van der Waals surface area contributed by atoms with Crippen LogP contribution in [0, 0.1) is 0 Å². The first-order chi connectivity index (χ1) is 9.38. The summed E-state index contributed by atoms with van der Waals surface area (Å²) in [6.07, 6.45) is 1.42. The summed E-state index contributed by atoms with van der Waals surface area (Å²) in [5.74, 6) is -0.170. The smallest absolute Gasteiger partial charge is 0.337 e. The van der Waals surface area contributed by atoms with Crippen LogP contribution in [0.25, 0.3) is 12.2 Å². The van der Waals surface area contributed by atoms with Gasteiger partial charge in [0.25, 0.3) is 5.56 Å². The molecule has 0 saturated carbocycles. The Kier molecular flexibility index (Phi) is 3.73. The van der Waals surface area contributed by atoms with Crippen molar-refractivity contribution in [2.45, 2.75) is 19.6 Å². The van der Waals surface area contributed by atoms with Crippen molar-refractivity contribution in [1.29, 1.82) is 0 Å². The lowest BCUT2D eigenvalue weighted by atomic mass is 10.3. The van der Waals surface area contributed by atoms with Gasteiger partial charge in [-0.2, -0.15) is 13.2 Å². The molecule has 1 N–H and O–H groups in total. The van der Waals surface area contributed by atoms with E-state index in [9.17, 15) is 18.0 Å². The van der Waals surface area contributed by atoms with E-state index in [0.29, 0.717) is 11.8 Å². The molecule has 106 valence electrons. The number of hydrogen-bond acceptors (Lipinski definition) is 3. The molecule has 20 heavy (non-hydrogen) atoms. The zero-order valence-electron chi connectivity index (χ0n) is 10.5. The lowest BCUT2D eigenvalue weighted by Crippen LogP contribution is -2.17. The second-order valence-electron chi connectivity index (χ2n) is 3.98. The zero-order valence-corrected chi connectivity index (χ0v) is 10.5. The zero-order chi connectivity index (χ0) is 14.8. The molecule has 0 bridgehead atoms. The van der Waals surface area contributed by atoms with Crippen molar-refractivity contribution in [2.24, 2.45) is 0 Å². The molecule has 0 aliphatic rings. The number of aromatic amines is 1.